The van der Waals surface area contributed by atoms with Crippen molar-refractivity contribution in [2.75, 3.05) is 32.7 Å². The molecule has 0 radical (unpaired) electrons. The number of piperazine rings is 1. The van der Waals surface area contributed by atoms with Gasteiger partial charge < -0.3 is 4.98 Å². The Hall–Kier alpha value is -3.09. The van der Waals surface area contributed by atoms with Gasteiger partial charge in [-0.05, 0) is 17.7 Å². The van der Waals surface area contributed by atoms with Crippen LogP contribution < -0.4 is 5.56 Å². The Morgan fingerprint density at radius 2 is 1.66 bits per heavy atom. The average Bonchev–Trinajstić information content (AvgIpc) is 2.76. The van der Waals surface area contributed by atoms with Crippen molar-refractivity contribution in [1.29, 1.82) is 0 Å². The predicted octanol–water partition coefficient (Wildman–Crippen LogP) is 2.80. The molecular weight excluding hydrogens is 362 g/mol. The summed E-state index contributed by atoms with van der Waals surface area (Å²) < 4.78 is 0. The molecule has 0 spiro atoms. The van der Waals surface area contributed by atoms with Crippen molar-refractivity contribution in [2.24, 2.45) is 0 Å². The molecule has 0 bridgehead atoms. The minimum atomic E-state index is -0.164. The molecule has 0 atom stereocenters. The standard InChI is InChI=1S/C23H25N5O/c1-2-11-27-12-14-28(15-13-27)17-18-3-5-20(6-4-18)23-25-21(16-22(29)26-23)19-7-9-24-10-8-19/h2-10,16H,1,11-15,17H2,(H,25,26,29). The van der Waals surface area contributed by atoms with Gasteiger partial charge in [-0.15, -0.1) is 6.58 Å². The zero-order chi connectivity index (χ0) is 20.1. The van der Waals surface area contributed by atoms with Crippen LogP contribution in [0.3, 0.4) is 0 Å². The normalized spacial score (nSPS) is 15.3. The predicted molar refractivity (Wildman–Crippen MR) is 115 cm³/mol. The Balaban J connectivity index is 1.46. The topological polar surface area (TPSA) is 65.1 Å². The minimum absolute atomic E-state index is 0.164. The highest BCUT2D eigenvalue weighted by Crippen LogP contribution is 2.20. The highest BCUT2D eigenvalue weighted by atomic mass is 16.1. The SMILES string of the molecule is C=CCN1CCN(Cc2ccc(-c3nc(-c4ccncc4)cc(=O)[nH]3)cc2)CC1. The van der Waals surface area contributed by atoms with Gasteiger partial charge in [0.2, 0.25) is 0 Å². The van der Waals surface area contributed by atoms with Crippen LogP contribution in [0.2, 0.25) is 0 Å². The Morgan fingerprint density at radius 1 is 0.966 bits per heavy atom. The van der Waals surface area contributed by atoms with Crippen molar-refractivity contribution in [2.45, 2.75) is 6.54 Å². The molecule has 0 saturated carbocycles. The third-order valence-corrected chi connectivity index (χ3v) is 5.20. The summed E-state index contributed by atoms with van der Waals surface area (Å²) >= 11 is 0. The number of aromatic nitrogens is 3. The van der Waals surface area contributed by atoms with E-state index in [1.54, 1.807) is 12.4 Å². The molecular formula is C23H25N5O. The molecule has 3 aromatic rings. The summed E-state index contributed by atoms with van der Waals surface area (Å²) in [5.74, 6) is 0.578. The highest BCUT2D eigenvalue weighted by Gasteiger charge is 2.16. The van der Waals surface area contributed by atoms with Crippen LogP contribution in [0.1, 0.15) is 5.56 Å². The first kappa shape index (κ1) is 19.2. The lowest BCUT2D eigenvalue weighted by Gasteiger charge is -2.34. The summed E-state index contributed by atoms with van der Waals surface area (Å²) in [4.78, 5) is 28.5. The first-order chi connectivity index (χ1) is 14.2. The molecule has 1 aromatic carbocycles. The van der Waals surface area contributed by atoms with Crippen LogP contribution in [-0.4, -0.2) is 57.5 Å². The molecule has 1 fully saturated rings. The number of rotatable bonds is 6. The molecule has 148 valence electrons. The fourth-order valence-electron chi connectivity index (χ4n) is 3.60. The van der Waals surface area contributed by atoms with Crippen LogP contribution in [0.5, 0.6) is 0 Å². The third kappa shape index (κ3) is 4.85. The fraction of sp³-hybridized carbons (Fsp3) is 0.261. The van der Waals surface area contributed by atoms with Gasteiger partial charge in [0.05, 0.1) is 5.69 Å². The van der Waals surface area contributed by atoms with E-state index in [1.165, 1.54) is 11.6 Å². The zero-order valence-corrected chi connectivity index (χ0v) is 16.4. The molecule has 6 nitrogen and oxygen atoms in total. The van der Waals surface area contributed by atoms with Gasteiger partial charge in [0, 0.05) is 68.9 Å². The number of benzene rings is 1. The molecule has 1 saturated heterocycles. The molecule has 1 N–H and O–H groups in total. The van der Waals surface area contributed by atoms with E-state index in [1.807, 2.05) is 30.3 Å². The number of nitrogens with zero attached hydrogens (tertiary/aromatic N) is 4. The number of aromatic amines is 1. The van der Waals surface area contributed by atoms with Crippen LogP contribution in [-0.2, 0) is 6.54 Å². The van der Waals surface area contributed by atoms with E-state index in [-0.39, 0.29) is 5.56 Å². The first-order valence-corrected chi connectivity index (χ1v) is 9.88. The lowest BCUT2D eigenvalue weighted by atomic mass is 10.1. The summed E-state index contributed by atoms with van der Waals surface area (Å²) in [5.41, 5.74) is 3.52. The second-order valence-corrected chi connectivity index (χ2v) is 7.28. The number of H-pyrrole nitrogens is 1. The van der Waals surface area contributed by atoms with E-state index in [9.17, 15) is 4.79 Å². The number of pyridine rings is 1. The molecule has 1 aliphatic heterocycles. The lowest BCUT2D eigenvalue weighted by molar-refractivity contribution is 0.137. The van der Waals surface area contributed by atoms with E-state index in [2.05, 4.69) is 43.5 Å². The number of hydrogen-bond donors (Lipinski definition) is 1. The molecule has 29 heavy (non-hydrogen) atoms. The third-order valence-electron chi connectivity index (χ3n) is 5.20. The molecule has 2 aromatic heterocycles. The molecule has 1 aliphatic rings. The second kappa shape index (κ2) is 8.94. The number of nitrogens with one attached hydrogen (secondary N) is 1. The Kier molecular flexibility index (Phi) is 5.93. The highest BCUT2D eigenvalue weighted by molar-refractivity contribution is 5.63. The maximum absolute atomic E-state index is 12.1. The molecule has 3 heterocycles. The largest absolute Gasteiger partial charge is 0.306 e. The van der Waals surface area contributed by atoms with E-state index in [4.69, 9.17) is 0 Å². The van der Waals surface area contributed by atoms with E-state index >= 15 is 0 Å². The Labute approximate surface area is 170 Å². The maximum Gasteiger partial charge on any atom is 0.251 e. The lowest BCUT2D eigenvalue weighted by Crippen LogP contribution is -2.45. The molecule has 0 unspecified atom stereocenters. The number of hydrogen-bond acceptors (Lipinski definition) is 5. The van der Waals surface area contributed by atoms with Crippen molar-refractivity contribution in [3.8, 4) is 22.6 Å². The second-order valence-electron chi connectivity index (χ2n) is 7.28. The molecule has 0 amide bonds. The van der Waals surface area contributed by atoms with Gasteiger partial charge >= 0.3 is 0 Å². The van der Waals surface area contributed by atoms with Crippen molar-refractivity contribution in [1.82, 2.24) is 24.8 Å². The van der Waals surface area contributed by atoms with Gasteiger partial charge in [0.15, 0.2) is 0 Å². The summed E-state index contributed by atoms with van der Waals surface area (Å²) in [7, 11) is 0. The minimum Gasteiger partial charge on any atom is -0.306 e. The summed E-state index contributed by atoms with van der Waals surface area (Å²) in [6.45, 7) is 10.0. The van der Waals surface area contributed by atoms with Gasteiger partial charge in [-0.1, -0.05) is 30.3 Å². The Bertz CT molecular complexity index is 1010. The van der Waals surface area contributed by atoms with Crippen molar-refractivity contribution in [3.05, 3.63) is 83.4 Å². The van der Waals surface area contributed by atoms with Gasteiger partial charge in [0.25, 0.3) is 5.56 Å². The van der Waals surface area contributed by atoms with Gasteiger partial charge in [-0.25, -0.2) is 4.98 Å². The summed E-state index contributed by atoms with van der Waals surface area (Å²) in [6.07, 6.45) is 5.37. The van der Waals surface area contributed by atoms with E-state index in [0.717, 1.165) is 50.4 Å². The fourth-order valence-corrected chi connectivity index (χ4v) is 3.60. The Morgan fingerprint density at radius 3 is 2.34 bits per heavy atom. The average molecular weight is 387 g/mol. The quantitative estimate of drug-likeness (QED) is 0.659. The molecule has 6 heteroatoms. The van der Waals surface area contributed by atoms with Crippen LogP contribution in [0.25, 0.3) is 22.6 Å². The monoisotopic (exact) mass is 387 g/mol. The van der Waals surface area contributed by atoms with Gasteiger partial charge in [0.1, 0.15) is 5.82 Å². The first-order valence-electron chi connectivity index (χ1n) is 9.88. The summed E-state index contributed by atoms with van der Waals surface area (Å²) in [5, 5.41) is 0. The summed E-state index contributed by atoms with van der Waals surface area (Å²) in [6, 6.07) is 13.5. The van der Waals surface area contributed by atoms with Crippen molar-refractivity contribution in [3.63, 3.8) is 0 Å². The smallest absolute Gasteiger partial charge is 0.251 e. The van der Waals surface area contributed by atoms with E-state index in [0.29, 0.717) is 11.5 Å². The van der Waals surface area contributed by atoms with Crippen LogP contribution >= 0.6 is 0 Å². The van der Waals surface area contributed by atoms with E-state index < -0.39 is 0 Å². The maximum atomic E-state index is 12.1. The van der Waals surface area contributed by atoms with Gasteiger partial charge in [-0.2, -0.15) is 0 Å². The van der Waals surface area contributed by atoms with Crippen molar-refractivity contribution < 1.29 is 0 Å². The van der Waals surface area contributed by atoms with Crippen LogP contribution in [0, 0.1) is 0 Å². The molecule has 4 rings (SSSR count). The van der Waals surface area contributed by atoms with Gasteiger partial charge in [-0.3, -0.25) is 19.6 Å². The zero-order valence-electron chi connectivity index (χ0n) is 16.4. The van der Waals surface area contributed by atoms with Crippen molar-refractivity contribution >= 4 is 0 Å². The van der Waals surface area contributed by atoms with Crippen LogP contribution in [0.15, 0.2) is 72.3 Å². The molecule has 0 aliphatic carbocycles. The van der Waals surface area contributed by atoms with Crippen LogP contribution in [0.4, 0.5) is 0 Å².